The normalized spacial score (nSPS) is 20.8. The lowest BCUT2D eigenvalue weighted by Crippen LogP contribution is -2.52. The van der Waals surface area contributed by atoms with Crippen molar-refractivity contribution in [3.05, 3.63) is 94.8 Å². The number of benzene rings is 2. The van der Waals surface area contributed by atoms with Crippen LogP contribution in [0.1, 0.15) is 61.6 Å². The number of halogens is 1. The number of pyridine rings is 1. The molecule has 4 heterocycles. The number of carbonyl (C=O) groups excluding carboxylic acids is 3. The molecule has 0 radical (unpaired) electrons. The summed E-state index contributed by atoms with van der Waals surface area (Å²) in [6, 6.07) is 19.6. The molecular formula is C36H39FN6O4. The van der Waals surface area contributed by atoms with E-state index in [1.54, 1.807) is 23.1 Å². The van der Waals surface area contributed by atoms with Gasteiger partial charge in [0.15, 0.2) is 5.78 Å². The van der Waals surface area contributed by atoms with E-state index >= 15 is 4.39 Å². The minimum Gasteiger partial charge on any atom is -0.378 e. The Kier molecular flexibility index (Phi) is 10.2. The zero-order chi connectivity index (χ0) is 32.8. The van der Waals surface area contributed by atoms with E-state index < -0.39 is 18.1 Å². The highest BCUT2D eigenvalue weighted by molar-refractivity contribution is 5.99. The highest BCUT2D eigenvalue weighted by Crippen LogP contribution is 2.25. The van der Waals surface area contributed by atoms with Gasteiger partial charge >= 0.3 is 0 Å². The Morgan fingerprint density at radius 3 is 2.23 bits per heavy atom. The third-order valence-electron chi connectivity index (χ3n) is 9.36. The molecular weight excluding hydrogens is 599 g/mol. The van der Waals surface area contributed by atoms with Crippen LogP contribution in [0.15, 0.2) is 66.9 Å². The summed E-state index contributed by atoms with van der Waals surface area (Å²) in [6.07, 6.45) is 1.74. The third-order valence-corrected chi connectivity index (χ3v) is 9.36. The van der Waals surface area contributed by atoms with Crippen molar-refractivity contribution < 1.29 is 23.5 Å². The van der Waals surface area contributed by atoms with Crippen LogP contribution in [-0.4, -0.2) is 97.1 Å². The van der Waals surface area contributed by atoms with Crippen LogP contribution in [0.4, 0.5) is 10.1 Å². The van der Waals surface area contributed by atoms with Crippen LogP contribution in [0.2, 0.25) is 0 Å². The number of morpholine rings is 1. The third kappa shape index (κ3) is 7.84. The van der Waals surface area contributed by atoms with Crippen LogP contribution in [0, 0.1) is 17.2 Å². The van der Waals surface area contributed by atoms with E-state index in [0.717, 1.165) is 24.3 Å². The first-order valence-corrected chi connectivity index (χ1v) is 16.3. The van der Waals surface area contributed by atoms with Gasteiger partial charge in [0.1, 0.15) is 11.9 Å². The highest BCUT2D eigenvalue weighted by Gasteiger charge is 2.32. The number of anilines is 1. The molecule has 3 aliphatic rings. The molecule has 6 rings (SSSR count). The molecule has 2 aromatic carbocycles. The van der Waals surface area contributed by atoms with Gasteiger partial charge < -0.3 is 19.9 Å². The molecule has 1 N–H and O–H groups in total. The van der Waals surface area contributed by atoms with E-state index in [-0.39, 0.29) is 35.4 Å². The first kappa shape index (κ1) is 32.3. The zero-order valence-electron chi connectivity index (χ0n) is 26.3. The molecule has 3 fully saturated rings. The molecule has 0 bridgehead atoms. The minimum atomic E-state index is -1.23. The number of nitrogens with zero attached hydrogens (tertiary/aromatic N) is 5. The molecule has 2 amide bonds. The Bertz CT molecular complexity index is 1590. The summed E-state index contributed by atoms with van der Waals surface area (Å²) in [5.74, 6) is -0.709. The molecule has 3 aromatic rings. The fourth-order valence-electron chi connectivity index (χ4n) is 6.52. The molecule has 244 valence electrons. The van der Waals surface area contributed by atoms with Gasteiger partial charge in [0, 0.05) is 69.2 Å². The summed E-state index contributed by atoms with van der Waals surface area (Å²) in [5.41, 5.74) is 3.85. The van der Waals surface area contributed by atoms with Crippen molar-refractivity contribution >= 4 is 23.3 Å². The monoisotopic (exact) mass is 638 g/mol. The molecule has 2 atom stereocenters. The van der Waals surface area contributed by atoms with Gasteiger partial charge in [0.25, 0.3) is 11.8 Å². The average Bonchev–Trinajstić information content (AvgIpc) is 3.13. The van der Waals surface area contributed by atoms with Crippen molar-refractivity contribution in [2.45, 2.75) is 38.0 Å². The van der Waals surface area contributed by atoms with Gasteiger partial charge in [-0.2, -0.15) is 5.26 Å². The Morgan fingerprint density at radius 2 is 1.60 bits per heavy atom. The number of ketones is 1. The lowest BCUT2D eigenvalue weighted by atomic mass is 9.88. The van der Waals surface area contributed by atoms with E-state index in [0.29, 0.717) is 69.8 Å². The first-order chi connectivity index (χ1) is 22.9. The van der Waals surface area contributed by atoms with Crippen molar-refractivity contribution in [2.24, 2.45) is 5.92 Å². The molecule has 3 saturated heterocycles. The SMILES string of the molecule is N#Cc1ccc(CN2CC[C@H](NC(=O)c3ccc(C(=O)N4CCC(C(=O)c5ccc(N6CCOCC6)cc5)CC4)nc3)[C@@H](F)C2)cc1. The molecule has 10 nitrogen and oxygen atoms in total. The second-order valence-electron chi connectivity index (χ2n) is 12.4. The molecule has 0 unspecified atom stereocenters. The Morgan fingerprint density at radius 1 is 0.894 bits per heavy atom. The second kappa shape index (κ2) is 14.8. The van der Waals surface area contributed by atoms with E-state index in [2.05, 4.69) is 21.3 Å². The van der Waals surface area contributed by atoms with Crippen LogP contribution in [-0.2, 0) is 11.3 Å². The zero-order valence-corrected chi connectivity index (χ0v) is 26.3. The number of rotatable bonds is 8. The number of hydrogen-bond acceptors (Lipinski definition) is 8. The quantitative estimate of drug-likeness (QED) is 0.370. The van der Waals surface area contributed by atoms with Gasteiger partial charge in [-0.1, -0.05) is 12.1 Å². The maximum Gasteiger partial charge on any atom is 0.272 e. The largest absolute Gasteiger partial charge is 0.378 e. The minimum absolute atomic E-state index is 0.103. The van der Waals surface area contributed by atoms with Crippen molar-refractivity contribution in [3.63, 3.8) is 0 Å². The number of amides is 2. The highest BCUT2D eigenvalue weighted by atomic mass is 19.1. The van der Waals surface area contributed by atoms with Gasteiger partial charge in [-0.05, 0) is 73.4 Å². The number of likely N-dealkylation sites (tertiary alicyclic amines) is 2. The van der Waals surface area contributed by atoms with Crippen molar-refractivity contribution in [1.29, 1.82) is 5.26 Å². The van der Waals surface area contributed by atoms with Crippen molar-refractivity contribution in [1.82, 2.24) is 20.1 Å². The van der Waals surface area contributed by atoms with Crippen LogP contribution in [0.5, 0.6) is 0 Å². The maximum atomic E-state index is 15.0. The molecule has 0 spiro atoms. The summed E-state index contributed by atoms with van der Waals surface area (Å²) in [4.78, 5) is 49.5. The van der Waals surface area contributed by atoms with Crippen molar-refractivity contribution in [3.8, 4) is 6.07 Å². The lowest BCUT2D eigenvalue weighted by Gasteiger charge is -2.35. The number of Topliss-reactive ketones (excluding diaryl/α,β-unsaturated/α-hetero) is 1. The number of nitrogens with one attached hydrogen (secondary N) is 1. The number of alkyl halides is 1. The average molecular weight is 639 g/mol. The fourth-order valence-corrected chi connectivity index (χ4v) is 6.52. The predicted octanol–water partition coefficient (Wildman–Crippen LogP) is 3.87. The van der Waals surface area contributed by atoms with Gasteiger partial charge in [-0.3, -0.25) is 24.3 Å². The van der Waals surface area contributed by atoms with E-state index in [1.165, 1.54) is 12.3 Å². The summed E-state index contributed by atoms with van der Waals surface area (Å²) in [5, 5.41) is 11.8. The second-order valence-corrected chi connectivity index (χ2v) is 12.4. The molecule has 11 heteroatoms. The number of hydrogen-bond donors (Lipinski definition) is 1. The fraction of sp³-hybridized carbons (Fsp3) is 0.417. The smallest absolute Gasteiger partial charge is 0.272 e. The van der Waals surface area contributed by atoms with E-state index in [9.17, 15) is 14.4 Å². The van der Waals surface area contributed by atoms with Crippen LogP contribution < -0.4 is 10.2 Å². The topological polar surface area (TPSA) is 119 Å². The molecule has 0 saturated carbocycles. The van der Waals surface area contributed by atoms with Crippen LogP contribution >= 0.6 is 0 Å². The van der Waals surface area contributed by atoms with Gasteiger partial charge in [-0.15, -0.1) is 0 Å². The summed E-state index contributed by atoms with van der Waals surface area (Å²) in [7, 11) is 0. The number of piperidine rings is 2. The number of nitriles is 1. The maximum absolute atomic E-state index is 15.0. The number of aromatic nitrogens is 1. The summed E-state index contributed by atoms with van der Waals surface area (Å²) >= 11 is 0. The standard InChI is InChI=1S/C36H39FN6O4/c37-31-24-41(23-26-3-1-25(21-38)2-4-26)14-13-32(31)40-35(45)29-7-10-33(39-22-29)36(46)43-15-11-28(12-16-43)34(44)27-5-8-30(9-6-27)42-17-19-47-20-18-42/h1-10,22,28,31-32H,11-20,23-24H2,(H,40,45)/t31-,32-/m0/s1. The number of ether oxygens (including phenoxy) is 1. The van der Waals surface area contributed by atoms with Gasteiger partial charge in [-0.25, -0.2) is 4.39 Å². The Hall–Kier alpha value is -4.66. The Balaban J connectivity index is 0.954. The summed E-state index contributed by atoms with van der Waals surface area (Å²) in [6.45, 7) is 5.39. The summed E-state index contributed by atoms with van der Waals surface area (Å²) < 4.78 is 20.5. The van der Waals surface area contributed by atoms with Crippen molar-refractivity contribution in [2.75, 3.05) is 57.4 Å². The lowest BCUT2D eigenvalue weighted by molar-refractivity contribution is 0.0645. The van der Waals surface area contributed by atoms with Gasteiger partial charge in [0.2, 0.25) is 0 Å². The first-order valence-electron chi connectivity index (χ1n) is 16.3. The molecule has 47 heavy (non-hydrogen) atoms. The Labute approximate surface area is 274 Å². The molecule has 3 aliphatic heterocycles. The van der Waals surface area contributed by atoms with E-state index in [4.69, 9.17) is 10.00 Å². The van der Waals surface area contributed by atoms with Gasteiger partial charge in [0.05, 0.1) is 36.5 Å². The molecule has 1 aromatic heterocycles. The predicted molar refractivity (Wildman–Crippen MR) is 174 cm³/mol. The van der Waals surface area contributed by atoms with Crippen LogP contribution in [0.3, 0.4) is 0 Å². The van der Waals surface area contributed by atoms with Crippen LogP contribution in [0.25, 0.3) is 0 Å². The number of carbonyl (C=O) groups is 3. The molecule has 0 aliphatic carbocycles. The van der Waals surface area contributed by atoms with E-state index in [1.807, 2.05) is 41.3 Å².